The summed E-state index contributed by atoms with van der Waals surface area (Å²) in [7, 11) is 0. The number of pyridine rings is 1. The number of nitrogens with one attached hydrogen (secondary N) is 2. The Morgan fingerprint density at radius 2 is 1.76 bits per heavy atom. The molecule has 0 aliphatic rings. The maximum Gasteiger partial charge on any atom is 0.319 e. The third-order valence-electron chi connectivity index (χ3n) is 4.26. The Bertz CT molecular complexity index is 936. The molecule has 0 saturated heterocycles. The quantitative estimate of drug-likeness (QED) is 0.481. The van der Waals surface area contributed by atoms with Crippen LogP contribution in [0.25, 0.3) is 0 Å². The molecule has 0 fully saturated rings. The molecule has 2 N–H and O–H groups in total. The largest absolute Gasteiger partial charge is 0.329 e. The van der Waals surface area contributed by atoms with Gasteiger partial charge in [-0.3, -0.25) is 4.98 Å². The summed E-state index contributed by atoms with van der Waals surface area (Å²) in [5.41, 5.74) is 3.27. The Kier molecular flexibility index (Phi) is 7.19. The fourth-order valence-electron chi connectivity index (χ4n) is 2.86. The number of anilines is 1. The average molecular weight is 413 g/mol. The number of aromatic nitrogens is 1. The van der Waals surface area contributed by atoms with Crippen molar-refractivity contribution in [3.05, 3.63) is 89.7 Å². The van der Waals surface area contributed by atoms with E-state index in [2.05, 4.69) is 15.6 Å². The Labute approximate surface area is 172 Å². The van der Waals surface area contributed by atoms with Crippen molar-refractivity contribution >= 4 is 23.5 Å². The van der Waals surface area contributed by atoms with Gasteiger partial charge in [-0.15, -0.1) is 0 Å². The normalized spacial score (nSPS) is 11.9. The summed E-state index contributed by atoms with van der Waals surface area (Å²) in [6.45, 7) is 2.01. The number of hydrogen-bond acceptors (Lipinski definition) is 3. The minimum atomic E-state index is -2.57. The van der Waals surface area contributed by atoms with Gasteiger partial charge in [-0.25, -0.2) is 4.79 Å². The molecule has 1 heterocycles. The SMILES string of the molecule is Cc1ccc(CC(NC(=O)Nc2ccccc2SC(F)F)c2ccccn2)cc1. The first-order valence-electron chi connectivity index (χ1n) is 9.09. The standard InChI is InChI=1S/C22H21F2N3OS/c1-15-9-11-16(12-10-15)14-19(17-6-4-5-13-25-17)27-22(28)26-18-7-2-3-8-20(18)29-21(23)24/h2-13,19,21H,14H2,1H3,(H2,26,27,28). The van der Waals surface area contributed by atoms with Crippen LogP contribution in [0, 0.1) is 6.92 Å². The van der Waals surface area contributed by atoms with Crippen LogP contribution >= 0.6 is 11.8 Å². The first-order valence-corrected chi connectivity index (χ1v) is 9.97. The molecule has 0 aliphatic carbocycles. The summed E-state index contributed by atoms with van der Waals surface area (Å²) in [5.74, 6) is -2.57. The van der Waals surface area contributed by atoms with Crippen molar-refractivity contribution in [3.63, 3.8) is 0 Å². The molecule has 2 aromatic carbocycles. The second kappa shape index (κ2) is 10.0. The van der Waals surface area contributed by atoms with Gasteiger partial charge < -0.3 is 10.6 Å². The van der Waals surface area contributed by atoms with Crippen LogP contribution in [0.15, 0.2) is 77.8 Å². The summed E-state index contributed by atoms with van der Waals surface area (Å²) in [6.07, 6.45) is 2.23. The highest BCUT2D eigenvalue weighted by atomic mass is 32.2. The minimum absolute atomic E-state index is 0.311. The second-order valence-electron chi connectivity index (χ2n) is 6.47. The zero-order valence-corrected chi connectivity index (χ0v) is 16.6. The zero-order chi connectivity index (χ0) is 20.6. The van der Waals surface area contributed by atoms with Crippen LogP contribution in [0.1, 0.15) is 22.9 Å². The van der Waals surface area contributed by atoms with Crippen molar-refractivity contribution in [1.29, 1.82) is 0 Å². The van der Waals surface area contributed by atoms with Crippen molar-refractivity contribution in [1.82, 2.24) is 10.3 Å². The van der Waals surface area contributed by atoms with Gasteiger partial charge >= 0.3 is 6.03 Å². The predicted octanol–water partition coefficient (Wildman–Crippen LogP) is 5.81. The third kappa shape index (κ3) is 6.29. The van der Waals surface area contributed by atoms with Crippen LogP contribution < -0.4 is 10.6 Å². The molecule has 0 bridgehead atoms. The molecule has 0 spiro atoms. The highest BCUT2D eigenvalue weighted by Crippen LogP contribution is 2.31. The molecule has 0 saturated carbocycles. The maximum atomic E-state index is 12.8. The van der Waals surface area contributed by atoms with E-state index in [1.54, 1.807) is 30.5 Å². The molecule has 150 valence electrons. The van der Waals surface area contributed by atoms with Gasteiger partial charge in [0, 0.05) is 11.1 Å². The number of alkyl halides is 2. The van der Waals surface area contributed by atoms with Crippen LogP contribution in [0.3, 0.4) is 0 Å². The van der Waals surface area contributed by atoms with E-state index in [0.717, 1.165) is 16.8 Å². The molecule has 3 rings (SSSR count). The van der Waals surface area contributed by atoms with Crippen molar-refractivity contribution in [3.8, 4) is 0 Å². The van der Waals surface area contributed by atoms with E-state index in [4.69, 9.17) is 0 Å². The number of carbonyl (C=O) groups excluding carboxylic acids is 1. The number of thioether (sulfide) groups is 1. The van der Waals surface area contributed by atoms with Crippen LogP contribution in [-0.2, 0) is 6.42 Å². The van der Waals surface area contributed by atoms with Gasteiger partial charge in [-0.05, 0) is 43.2 Å². The average Bonchev–Trinajstić information content (AvgIpc) is 2.71. The van der Waals surface area contributed by atoms with E-state index in [9.17, 15) is 13.6 Å². The highest BCUT2D eigenvalue weighted by Gasteiger charge is 2.18. The molecule has 1 unspecified atom stereocenters. The molecular weight excluding hydrogens is 392 g/mol. The first kappa shape index (κ1) is 20.8. The van der Waals surface area contributed by atoms with Gasteiger partial charge in [-0.1, -0.05) is 59.8 Å². The second-order valence-corrected chi connectivity index (χ2v) is 7.50. The van der Waals surface area contributed by atoms with Gasteiger partial charge in [0.05, 0.1) is 17.4 Å². The van der Waals surface area contributed by atoms with Gasteiger partial charge in [-0.2, -0.15) is 8.78 Å². The molecule has 1 atom stereocenters. The number of halogens is 2. The smallest absolute Gasteiger partial charge is 0.319 e. The summed E-state index contributed by atoms with van der Waals surface area (Å²) in [4.78, 5) is 17.3. The molecule has 29 heavy (non-hydrogen) atoms. The van der Waals surface area contributed by atoms with E-state index in [-0.39, 0.29) is 6.04 Å². The topological polar surface area (TPSA) is 54.0 Å². The third-order valence-corrected chi connectivity index (χ3v) is 5.05. The van der Waals surface area contributed by atoms with Crippen molar-refractivity contribution < 1.29 is 13.6 Å². The zero-order valence-electron chi connectivity index (χ0n) is 15.8. The number of carbonyl (C=O) groups is 1. The van der Waals surface area contributed by atoms with E-state index < -0.39 is 11.8 Å². The van der Waals surface area contributed by atoms with Crippen molar-refractivity contribution in [2.45, 2.75) is 30.0 Å². The molecule has 0 radical (unpaired) electrons. The fourth-order valence-corrected chi connectivity index (χ4v) is 3.45. The van der Waals surface area contributed by atoms with Crippen LogP contribution in [-0.4, -0.2) is 16.8 Å². The minimum Gasteiger partial charge on any atom is -0.329 e. The molecule has 3 aromatic rings. The van der Waals surface area contributed by atoms with E-state index in [0.29, 0.717) is 28.8 Å². The number of para-hydroxylation sites is 1. The van der Waals surface area contributed by atoms with Crippen LogP contribution in [0.4, 0.5) is 19.3 Å². The monoisotopic (exact) mass is 413 g/mol. The molecule has 1 aromatic heterocycles. The fraction of sp³-hybridized carbons (Fsp3) is 0.182. The number of amides is 2. The number of urea groups is 1. The molecule has 2 amide bonds. The van der Waals surface area contributed by atoms with Gasteiger partial charge in [0.1, 0.15) is 0 Å². The van der Waals surface area contributed by atoms with E-state index in [1.807, 2.05) is 49.4 Å². The van der Waals surface area contributed by atoms with E-state index >= 15 is 0 Å². The van der Waals surface area contributed by atoms with Crippen molar-refractivity contribution in [2.24, 2.45) is 0 Å². The summed E-state index contributed by atoms with van der Waals surface area (Å²) in [5, 5.41) is 5.60. The first-order chi connectivity index (χ1) is 14.0. The van der Waals surface area contributed by atoms with Gasteiger partial charge in [0.2, 0.25) is 0 Å². The maximum absolute atomic E-state index is 12.8. The summed E-state index contributed by atoms with van der Waals surface area (Å²) in [6, 6.07) is 19.2. The number of hydrogen-bond donors (Lipinski definition) is 2. The Morgan fingerprint density at radius 3 is 2.45 bits per heavy atom. The van der Waals surface area contributed by atoms with Crippen LogP contribution in [0.2, 0.25) is 0 Å². The molecule has 0 aliphatic heterocycles. The number of rotatable bonds is 7. The lowest BCUT2D eigenvalue weighted by Gasteiger charge is -2.20. The number of aryl methyl sites for hydroxylation is 1. The summed E-state index contributed by atoms with van der Waals surface area (Å²) >= 11 is 0.398. The number of nitrogens with zero attached hydrogens (tertiary/aromatic N) is 1. The Balaban J connectivity index is 1.75. The lowest BCUT2D eigenvalue weighted by molar-refractivity contribution is 0.247. The van der Waals surface area contributed by atoms with E-state index in [1.165, 1.54) is 0 Å². The van der Waals surface area contributed by atoms with Gasteiger partial charge in [0.25, 0.3) is 5.76 Å². The van der Waals surface area contributed by atoms with Crippen molar-refractivity contribution in [2.75, 3.05) is 5.32 Å². The summed E-state index contributed by atoms with van der Waals surface area (Å²) < 4.78 is 25.5. The number of benzene rings is 2. The van der Waals surface area contributed by atoms with Crippen LogP contribution in [0.5, 0.6) is 0 Å². The molecule has 4 nitrogen and oxygen atoms in total. The Morgan fingerprint density at radius 1 is 1.03 bits per heavy atom. The Hall–Kier alpha value is -2.93. The van der Waals surface area contributed by atoms with Gasteiger partial charge in [0.15, 0.2) is 0 Å². The molecule has 7 heteroatoms. The predicted molar refractivity (Wildman–Crippen MR) is 112 cm³/mol. The lowest BCUT2D eigenvalue weighted by atomic mass is 10.0. The molecular formula is C22H21F2N3OS. The lowest BCUT2D eigenvalue weighted by Crippen LogP contribution is -2.34. The highest BCUT2D eigenvalue weighted by molar-refractivity contribution is 7.99.